The van der Waals surface area contributed by atoms with Gasteiger partial charge >= 0.3 is 12.1 Å². The van der Waals surface area contributed by atoms with E-state index in [1.807, 2.05) is 0 Å². The zero-order chi connectivity index (χ0) is 17.9. The van der Waals surface area contributed by atoms with Crippen molar-refractivity contribution in [3.8, 4) is 0 Å². The smallest absolute Gasteiger partial charge is 0.414 e. The lowest BCUT2D eigenvalue weighted by molar-refractivity contribution is -0.131. The van der Waals surface area contributed by atoms with Crippen LogP contribution in [-0.2, 0) is 11.2 Å². The molecule has 9 nitrogen and oxygen atoms in total. The lowest BCUT2D eigenvalue weighted by atomic mass is 9.99. The van der Waals surface area contributed by atoms with Gasteiger partial charge < -0.3 is 26.6 Å². The number of aryl methyl sites for hydroxylation is 1. The number of fused-ring (bicyclic) bond motifs is 1. The molecule has 4 amide bonds. The molecule has 0 saturated heterocycles. The standard InChI is InChI=1S/C15H20N4O5/c1-17-14(22)18-9-3-5-10-8(6-9)2-4-11(10)13(21)19(15(23)24)7-12(16)20/h3,5-6,11-12,20H,2,4,7,16H2,1H3,(H,23,24)(H2,17,18,22). The third kappa shape index (κ3) is 3.81. The number of nitrogens with zero attached hydrogens (tertiary/aromatic N) is 1. The fourth-order valence-corrected chi connectivity index (χ4v) is 2.78. The Morgan fingerprint density at radius 1 is 1.42 bits per heavy atom. The molecule has 6 N–H and O–H groups in total. The van der Waals surface area contributed by atoms with E-state index in [0.29, 0.717) is 23.4 Å². The Bertz CT molecular complexity index is 661. The Morgan fingerprint density at radius 2 is 2.12 bits per heavy atom. The number of anilines is 1. The number of amides is 4. The van der Waals surface area contributed by atoms with E-state index in [0.717, 1.165) is 11.1 Å². The second-order valence-electron chi connectivity index (χ2n) is 5.51. The molecule has 1 aromatic rings. The van der Waals surface area contributed by atoms with Gasteiger partial charge in [-0.2, -0.15) is 0 Å². The summed E-state index contributed by atoms with van der Waals surface area (Å²) in [6.45, 7) is -0.476. The van der Waals surface area contributed by atoms with E-state index in [4.69, 9.17) is 10.8 Å². The largest absolute Gasteiger partial charge is 0.465 e. The van der Waals surface area contributed by atoms with Crippen molar-refractivity contribution in [1.29, 1.82) is 0 Å². The number of hydrogen-bond donors (Lipinski definition) is 5. The van der Waals surface area contributed by atoms with Crippen molar-refractivity contribution in [3.63, 3.8) is 0 Å². The van der Waals surface area contributed by atoms with Crippen LogP contribution in [0.25, 0.3) is 0 Å². The number of nitrogens with one attached hydrogen (secondary N) is 2. The number of imide groups is 1. The zero-order valence-corrected chi connectivity index (χ0v) is 13.2. The average Bonchev–Trinajstić information content (AvgIpc) is 2.94. The van der Waals surface area contributed by atoms with Crippen LogP contribution >= 0.6 is 0 Å². The Labute approximate surface area is 138 Å². The van der Waals surface area contributed by atoms with Gasteiger partial charge in [-0.15, -0.1) is 0 Å². The van der Waals surface area contributed by atoms with Crippen molar-refractivity contribution in [3.05, 3.63) is 29.3 Å². The highest BCUT2D eigenvalue weighted by atomic mass is 16.4. The highest BCUT2D eigenvalue weighted by Gasteiger charge is 2.35. The second-order valence-corrected chi connectivity index (χ2v) is 5.51. The van der Waals surface area contributed by atoms with Crippen LogP contribution in [0.4, 0.5) is 15.3 Å². The normalized spacial score (nSPS) is 16.9. The number of aliphatic hydroxyl groups excluding tert-OH is 1. The molecule has 0 bridgehead atoms. The number of aliphatic hydroxyl groups is 1. The van der Waals surface area contributed by atoms with Gasteiger partial charge in [-0.05, 0) is 36.1 Å². The molecule has 24 heavy (non-hydrogen) atoms. The maximum absolute atomic E-state index is 12.5. The molecule has 130 valence electrons. The fraction of sp³-hybridized carbons (Fsp3) is 0.400. The Morgan fingerprint density at radius 3 is 2.71 bits per heavy atom. The Balaban J connectivity index is 2.20. The van der Waals surface area contributed by atoms with Crippen LogP contribution < -0.4 is 16.4 Å². The maximum atomic E-state index is 12.5. The minimum atomic E-state index is -1.45. The Kier molecular flexibility index (Phi) is 5.37. The van der Waals surface area contributed by atoms with Crippen LogP contribution in [0.2, 0.25) is 0 Å². The molecule has 9 heteroatoms. The maximum Gasteiger partial charge on any atom is 0.414 e. The van der Waals surface area contributed by atoms with Crippen molar-refractivity contribution in [2.75, 3.05) is 18.9 Å². The van der Waals surface area contributed by atoms with Gasteiger partial charge in [0.2, 0.25) is 5.91 Å². The van der Waals surface area contributed by atoms with Crippen LogP contribution in [0.3, 0.4) is 0 Å². The molecule has 0 heterocycles. The summed E-state index contributed by atoms with van der Waals surface area (Å²) in [7, 11) is 1.50. The first-order valence-electron chi connectivity index (χ1n) is 7.43. The van der Waals surface area contributed by atoms with Gasteiger partial charge in [0.05, 0.1) is 12.5 Å². The van der Waals surface area contributed by atoms with Crippen LogP contribution in [0.1, 0.15) is 23.5 Å². The van der Waals surface area contributed by atoms with Crippen LogP contribution in [0.15, 0.2) is 18.2 Å². The van der Waals surface area contributed by atoms with E-state index in [1.54, 1.807) is 18.2 Å². The van der Waals surface area contributed by atoms with Crippen LogP contribution in [0, 0.1) is 0 Å². The number of carbonyl (C=O) groups excluding carboxylic acids is 2. The number of hydrogen-bond acceptors (Lipinski definition) is 5. The number of carboxylic acid groups (broad SMARTS) is 1. The highest BCUT2D eigenvalue weighted by molar-refractivity contribution is 5.96. The molecule has 0 fully saturated rings. The summed E-state index contributed by atoms with van der Waals surface area (Å²) in [4.78, 5) is 35.6. The van der Waals surface area contributed by atoms with Gasteiger partial charge in [0, 0.05) is 12.7 Å². The first-order chi connectivity index (χ1) is 11.3. The first-order valence-corrected chi connectivity index (χ1v) is 7.43. The van der Waals surface area contributed by atoms with Gasteiger partial charge in [-0.1, -0.05) is 6.07 Å². The van der Waals surface area contributed by atoms with Crippen LogP contribution in [-0.4, -0.2) is 53.0 Å². The number of urea groups is 1. The van der Waals surface area contributed by atoms with Crippen molar-refractivity contribution in [2.24, 2.45) is 5.73 Å². The molecule has 0 spiro atoms. The summed E-state index contributed by atoms with van der Waals surface area (Å²) in [6.07, 6.45) is -1.82. The lowest BCUT2D eigenvalue weighted by Gasteiger charge is -2.22. The van der Waals surface area contributed by atoms with Gasteiger partial charge in [0.15, 0.2) is 0 Å². The SMILES string of the molecule is CNC(=O)Nc1ccc2c(c1)CCC2C(=O)N(CC(N)O)C(=O)O. The molecule has 1 aliphatic rings. The van der Waals surface area contributed by atoms with Crippen molar-refractivity contribution < 1.29 is 24.6 Å². The summed E-state index contributed by atoms with van der Waals surface area (Å²) in [5, 5.41) is 23.4. The third-order valence-corrected chi connectivity index (χ3v) is 3.87. The van der Waals surface area contributed by atoms with E-state index in [1.165, 1.54) is 7.05 Å². The lowest BCUT2D eigenvalue weighted by Crippen LogP contribution is -2.45. The van der Waals surface area contributed by atoms with E-state index in [-0.39, 0.29) is 6.03 Å². The summed E-state index contributed by atoms with van der Waals surface area (Å²) in [6, 6.07) is 4.77. The molecule has 1 aliphatic carbocycles. The topological polar surface area (TPSA) is 145 Å². The minimum Gasteiger partial charge on any atom is -0.465 e. The second kappa shape index (κ2) is 7.28. The molecule has 2 unspecified atom stereocenters. The molecule has 0 radical (unpaired) electrons. The van der Waals surface area contributed by atoms with Crippen molar-refractivity contribution in [2.45, 2.75) is 25.0 Å². The molecule has 0 aliphatic heterocycles. The number of benzene rings is 1. The number of carbonyl (C=O) groups is 3. The predicted molar refractivity (Wildman–Crippen MR) is 85.5 cm³/mol. The summed E-state index contributed by atoms with van der Waals surface area (Å²) >= 11 is 0. The predicted octanol–water partition coefficient (Wildman–Crippen LogP) is 0.251. The van der Waals surface area contributed by atoms with E-state index < -0.39 is 30.7 Å². The van der Waals surface area contributed by atoms with Gasteiger partial charge in [0.1, 0.15) is 6.23 Å². The summed E-state index contributed by atoms with van der Waals surface area (Å²) in [5.41, 5.74) is 7.38. The van der Waals surface area contributed by atoms with Gasteiger partial charge in [-0.25, -0.2) is 14.5 Å². The van der Waals surface area contributed by atoms with E-state index in [2.05, 4.69) is 10.6 Å². The van der Waals surface area contributed by atoms with Crippen molar-refractivity contribution in [1.82, 2.24) is 10.2 Å². The number of rotatable bonds is 4. The molecule has 2 atom stereocenters. The highest BCUT2D eigenvalue weighted by Crippen LogP contribution is 2.36. The monoisotopic (exact) mass is 336 g/mol. The molecular formula is C15H20N4O5. The molecule has 2 rings (SSSR count). The zero-order valence-electron chi connectivity index (χ0n) is 13.2. The molecule has 0 aromatic heterocycles. The third-order valence-electron chi connectivity index (χ3n) is 3.87. The quantitative estimate of drug-likeness (QED) is 0.498. The fourth-order valence-electron chi connectivity index (χ4n) is 2.78. The van der Waals surface area contributed by atoms with Crippen molar-refractivity contribution >= 4 is 23.7 Å². The Hall–Kier alpha value is -2.65. The summed E-state index contributed by atoms with van der Waals surface area (Å²) < 4.78 is 0. The minimum absolute atomic E-state index is 0.352. The molecule has 1 aromatic carbocycles. The number of nitrogens with two attached hydrogens (primary N) is 1. The molecule has 0 saturated carbocycles. The van der Waals surface area contributed by atoms with E-state index >= 15 is 0 Å². The van der Waals surface area contributed by atoms with Gasteiger partial charge in [0.25, 0.3) is 0 Å². The molecular weight excluding hydrogens is 316 g/mol. The average molecular weight is 336 g/mol. The van der Waals surface area contributed by atoms with Crippen LogP contribution in [0.5, 0.6) is 0 Å². The van der Waals surface area contributed by atoms with E-state index in [9.17, 15) is 19.5 Å². The summed E-state index contributed by atoms with van der Waals surface area (Å²) in [5.74, 6) is -1.22. The first kappa shape index (κ1) is 17.7. The van der Waals surface area contributed by atoms with Gasteiger partial charge in [-0.3, -0.25) is 4.79 Å².